The Morgan fingerprint density at radius 3 is 2.56 bits per heavy atom. The van der Waals surface area contributed by atoms with Gasteiger partial charge >= 0.3 is 6.18 Å². The molecular formula is C25H26F3N3O2S. The number of fused-ring (bicyclic) bond motifs is 2. The molecule has 2 aromatic rings. The van der Waals surface area contributed by atoms with Crippen molar-refractivity contribution in [3.05, 3.63) is 70.3 Å². The van der Waals surface area contributed by atoms with Gasteiger partial charge in [0.05, 0.1) is 17.8 Å². The van der Waals surface area contributed by atoms with Gasteiger partial charge in [-0.2, -0.15) is 13.2 Å². The van der Waals surface area contributed by atoms with Crippen LogP contribution in [-0.2, 0) is 12.7 Å². The smallest absolute Gasteiger partial charge is 0.416 e. The van der Waals surface area contributed by atoms with E-state index < -0.39 is 17.3 Å². The zero-order valence-electron chi connectivity index (χ0n) is 19.4. The summed E-state index contributed by atoms with van der Waals surface area (Å²) in [7, 11) is 1.80. The van der Waals surface area contributed by atoms with Gasteiger partial charge in [-0.05, 0) is 62.8 Å². The molecule has 180 valence electrons. The van der Waals surface area contributed by atoms with Gasteiger partial charge in [0.25, 0.3) is 5.91 Å². The molecule has 2 aliphatic rings. The van der Waals surface area contributed by atoms with E-state index in [1.54, 1.807) is 29.0 Å². The fourth-order valence-corrected chi connectivity index (χ4v) is 4.58. The maximum absolute atomic E-state index is 13.6. The third-order valence-corrected chi connectivity index (χ3v) is 6.56. The summed E-state index contributed by atoms with van der Waals surface area (Å²) in [5, 5.41) is 3.58. The monoisotopic (exact) mass is 489 g/mol. The lowest BCUT2D eigenvalue weighted by Gasteiger charge is -2.41. The van der Waals surface area contributed by atoms with Crippen molar-refractivity contribution in [3.63, 3.8) is 0 Å². The van der Waals surface area contributed by atoms with Crippen molar-refractivity contribution in [2.75, 3.05) is 20.1 Å². The van der Waals surface area contributed by atoms with Crippen molar-refractivity contribution in [1.82, 2.24) is 15.1 Å². The van der Waals surface area contributed by atoms with Gasteiger partial charge in [0, 0.05) is 36.8 Å². The highest BCUT2D eigenvalue weighted by atomic mass is 32.1. The Balaban J connectivity index is 1.92. The van der Waals surface area contributed by atoms with Crippen molar-refractivity contribution in [1.29, 1.82) is 0 Å². The number of rotatable bonds is 4. The van der Waals surface area contributed by atoms with Gasteiger partial charge in [0.15, 0.2) is 5.11 Å². The number of carbonyl (C=O) groups excluding carboxylic acids is 1. The SMILES string of the molecule is CCNC(=S)N(C)CC1=C(N2Cc3ccccc3C2=O)c2cc(C(F)(F)F)ccc2OC1(C)C. The number of halogens is 3. The third kappa shape index (κ3) is 4.24. The zero-order valence-corrected chi connectivity index (χ0v) is 20.2. The Bertz CT molecular complexity index is 1190. The molecule has 0 aromatic heterocycles. The lowest BCUT2D eigenvalue weighted by Crippen LogP contribution is -2.45. The van der Waals surface area contributed by atoms with Crippen LogP contribution in [-0.4, -0.2) is 46.6 Å². The standard InChI is InChI=1S/C25H26F3N3O2S/c1-5-29-23(34)30(4)14-19-21(31-13-15-8-6-7-9-17(15)22(31)32)18-12-16(25(26,27)28)10-11-20(18)33-24(19,2)3/h6-12H,5,13-14H2,1-4H3,(H,29,34). The summed E-state index contributed by atoms with van der Waals surface area (Å²) < 4.78 is 47.1. The van der Waals surface area contributed by atoms with Gasteiger partial charge in [-0.3, -0.25) is 4.79 Å². The van der Waals surface area contributed by atoms with Gasteiger partial charge in [0.2, 0.25) is 0 Å². The van der Waals surface area contributed by atoms with E-state index in [0.717, 1.165) is 17.7 Å². The topological polar surface area (TPSA) is 44.8 Å². The second kappa shape index (κ2) is 8.61. The average molecular weight is 490 g/mol. The molecule has 5 nitrogen and oxygen atoms in total. The van der Waals surface area contributed by atoms with Crippen LogP contribution in [0.5, 0.6) is 5.75 Å². The quantitative estimate of drug-likeness (QED) is 0.608. The molecule has 2 aliphatic heterocycles. The van der Waals surface area contributed by atoms with Crippen molar-refractivity contribution in [2.45, 2.75) is 39.1 Å². The number of nitrogens with one attached hydrogen (secondary N) is 1. The summed E-state index contributed by atoms with van der Waals surface area (Å²) in [6.07, 6.45) is -4.53. The molecule has 0 saturated carbocycles. The highest BCUT2D eigenvalue weighted by molar-refractivity contribution is 7.80. The number of ether oxygens (including phenoxy) is 1. The molecule has 0 radical (unpaired) electrons. The number of carbonyl (C=O) groups is 1. The molecular weight excluding hydrogens is 463 g/mol. The van der Waals surface area contributed by atoms with Crippen LogP contribution in [0.3, 0.4) is 0 Å². The van der Waals surface area contributed by atoms with E-state index in [9.17, 15) is 18.0 Å². The largest absolute Gasteiger partial charge is 0.483 e. The lowest BCUT2D eigenvalue weighted by atomic mass is 9.87. The number of alkyl halides is 3. The van der Waals surface area contributed by atoms with E-state index in [-0.39, 0.29) is 24.6 Å². The van der Waals surface area contributed by atoms with E-state index in [4.69, 9.17) is 17.0 Å². The number of amides is 1. The minimum Gasteiger partial charge on any atom is -0.483 e. The van der Waals surface area contributed by atoms with Crippen molar-refractivity contribution >= 4 is 28.9 Å². The van der Waals surface area contributed by atoms with Gasteiger partial charge in [-0.1, -0.05) is 18.2 Å². The Kier molecular flexibility index (Phi) is 6.10. The number of hydrogen-bond donors (Lipinski definition) is 1. The lowest BCUT2D eigenvalue weighted by molar-refractivity contribution is -0.137. The van der Waals surface area contributed by atoms with E-state index in [2.05, 4.69) is 5.32 Å². The normalized spacial score (nSPS) is 16.7. The first-order valence-electron chi connectivity index (χ1n) is 11.0. The molecule has 0 fully saturated rings. The molecule has 34 heavy (non-hydrogen) atoms. The van der Waals surface area contributed by atoms with Crippen LogP contribution in [0.4, 0.5) is 13.2 Å². The van der Waals surface area contributed by atoms with Crippen LogP contribution in [0.25, 0.3) is 5.70 Å². The Morgan fingerprint density at radius 1 is 1.21 bits per heavy atom. The Labute approximate surface area is 202 Å². The molecule has 2 heterocycles. The van der Waals surface area contributed by atoms with E-state index >= 15 is 0 Å². The second-order valence-electron chi connectivity index (χ2n) is 8.89. The number of thiocarbonyl (C=S) groups is 1. The first kappa shape index (κ1) is 24.1. The second-order valence-corrected chi connectivity index (χ2v) is 9.27. The van der Waals surface area contributed by atoms with Crippen LogP contribution < -0.4 is 10.1 Å². The zero-order chi connectivity index (χ0) is 24.8. The third-order valence-electron chi connectivity index (χ3n) is 6.10. The summed E-state index contributed by atoms with van der Waals surface area (Å²) in [6.45, 7) is 6.78. The Hall–Kier alpha value is -3.07. The van der Waals surface area contributed by atoms with Crippen molar-refractivity contribution in [2.24, 2.45) is 0 Å². The first-order valence-corrected chi connectivity index (χ1v) is 11.4. The molecule has 4 rings (SSSR count). The Morgan fingerprint density at radius 2 is 1.91 bits per heavy atom. The highest BCUT2D eigenvalue weighted by Crippen LogP contribution is 2.46. The maximum atomic E-state index is 13.6. The number of benzene rings is 2. The molecule has 1 N–H and O–H groups in total. The molecule has 9 heteroatoms. The van der Waals surface area contributed by atoms with Crippen LogP contribution >= 0.6 is 12.2 Å². The first-order chi connectivity index (χ1) is 15.9. The van der Waals surface area contributed by atoms with E-state index in [1.165, 1.54) is 6.07 Å². The van der Waals surface area contributed by atoms with Gasteiger partial charge < -0.3 is 19.9 Å². The highest BCUT2D eigenvalue weighted by Gasteiger charge is 2.43. The molecule has 0 saturated heterocycles. The van der Waals surface area contributed by atoms with E-state index in [1.807, 2.05) is 32.9 Å². The van der Waals surface area contributed by atoms with Gasteiger partial charge in [-0.15, -0.1) is 0 Å². The minimum absolute atomic E-state index is 0.244. The van der Waals surface area contributed by atoms with Crippen LogP contribution in [0.2, 0.25) is 0 Å². The van der Waals surface area contributed by atoms with Crippen LogP contribution in [0, 0.1) is 0 Å². The molecule has 0 unspecified atom stereocenters. The minimum atomic E-state index is -4.53. The average Bonchev–Trinajstić information content (AvgIpc) is 3.09. The van der Waals surface area contributed by atoms with E-state index in [0.29, 0.717) is 34.2 Å². The summed E-state index contributed by atoms with van der Waals surface area (Å²) >= 11 is 5.44. The number of hydrogen-bond acceptors (Lipinski definition) is 3. The predicted octanol–water partition coefficient (Wildman–Crippen LogP) is 5.07. The number of likely N-dealkylation sites (N-methyl/N-ethyl adjacent to an activating group) is 1. The maximum Gasteiger partial charge on any atom is 0.416 e. The molecule has 0 bridgehead atoms. The van der Waals surface area contributed by atoms with Crippen molar-refractivity contribution < 1.29 is 22.7 Å². The molecule has 1 amide bonds. The molecule has 0 atom stereocenters. The number of nitrogens with zero attached hydrogens (tertiary/aromatic N) is 2. The van der Waals surface area contributed by atoms with Crippen molar-refractivity contribution in [3.8, 4) is 5.75 Å². The summed E-state index contributed by atoms with van der Waals surface area (Å²) in [5.41, 5.74) is 1.03. The van der Waals surface area contributed by atoms with Crippen LogP contribution in [0.1, 0.15) is 47.8 Å². The fourth-order valence-electron chi connectivity index (χ4n) is 4.37. The van der Waals surface area contributed by atoms with Gasteiger partial charge in [0.1, 0.15) is 11.4 Å². The van der Waals surface area contributed by atoms with Gasteiger partial charge in [-0.25, -0.2) is 0 Å². The molecule has 2 aromatic carbocycles. The molecule has 0 aliphatic carbocycles. The predicted molar refractivity (Wildman–Crippen MR) is 128 cm³/mol. The summed E-state index contributed by atoms with van der Waals surface area (Å²) in [5.74, 6) is 0.0542. The fraction of sp³-hybridized carbons (Fsp3) is 0.360. The summed E-state index contributed by atoms with van der Waals surface area (Å²) in [4.78, 5) is 16.8. The van der Waals surface area contributed by atoms with Crippen LogP contribution in [0.15, 0.2) is 48.0 Å². The summed E-state index contributed by atoms with van der Waals surface area (Å²) in [6, 6.07) is 10.6. The molecule has 0 spiro atoms.